The van der Waals surface area contributed by atoms with E-state index >= 15 is 0 Å². The number of anilines is 6. The van der Waals surface area contributed by atoms with E-state index < -0.39 is 0 Å². The molecule has 8 aromatic carbocycles. The van der Waals surface area contributed by atoms with Crippen molar-refractivity contribution in [1.29, 1.82) is 0 Å². The number of fused-ring (bicyclic) bond motifs is 8. The normalized spacial score (nSPS) is 11.6. The second-order valence-electron chi connectivity index (χ2n) is 12.6. The van der Waals surface area contributed by atoms with Crippen LogP contribution in [0.15, 0.2) is 182 Å². The topological polar surface area (TPSA) is 6.48 Å². The number of benzene rings is 8. The van der Waals surface area contributed by atoms with Gasteiger partial charge in [-0.3, -0.25) is 0 Å². The molecule has 0 aliphatic heterocycles. The van der Waals surface area contributed by atoms with Crippen LogP contribution in [0.4, 0.5) is 34.1 Å². The van der Waals surface area contributed by atoms with Gasteiger partial charge in [0.2, 0.25) is 0 Å². The standard InChI is InChI=1S/C46H30N2S2/c1-4-15-32(16-5-1)47(33-17-6-2-7-18-33)42-30-45-40(38-26-24-31-14-10-11-21-36(31)46(38)50-45)29-41(42)48(34-19-8-3-9-20-34)35-25-27-44-39(28-35)37-22-12-13-23-43(37)49-44/h1-30H. The maximum Gasteiger partial charge on any atom is 0.0716 e. The Morgan fingerprint density at radius 1 is 0.300 bits per heavy atom. The minimum atomic E-state index is 1.11. The van der Waals surface area contributed by atoms with Crippen molar-refractivity contribution in [2.75, 3.05) is 9.80 Å². The SMILES string of the molecule is c1ccc(N(c2ccccc2)c2cc3sc4c5ccccc5ccc4c3cc2N(c2ccccc2)c2ccc3sc4ccccc4c3c2)cc1. The van der Waals surface area contributed by atoms with Crippen LogP contribution in [0.1, 0.15) is 0 Å². The Morgan fingerprint density at radius 3 is 1.54 bits per heavy atom. The minimum Gasteiger partial charge on any atom is -0.308 e. The Kier molecular flexibility index (Phi) is 6.90. The fraction of sp³-hybridized carbons (Fsp3) is 0. The minimum absolute atomic E-state index is 1.11. The summed E-state index contributed by atoms with van der Waals surface area (Å²) in [4.78, 5) is 4.86. The summed E-state index contributed by atoms with van der Waals surface area (Å²) >= 11 is 3.74. The molecule has 0 saturated heterocycles. The fourth-order valence-corrected chi connectivity index (χ4v) is 9.66. The molecule has 10 rings (SSSR count). The number of thiophene rings is 2. The van der Waals surface area contributed by atoms with Gasteiger partial charge in [-0.05, 0) is 83.6 Å². The van der Waals surface area contributed by atoms with Crippen LogP contribution in [-0.4, -0.2) is 0 Å². The molecular formula is C46H30N2S2. The average Bonchev–Trinajstić information content (AvgIpc) is 3.74. The van der Waals surface area contributed by atoms with Crippen LogP contribution in [0.3, 0.4) is 0 Å². The van der Waals surface area contributed by atoms with Crippen LogP contribution < -0.4 is 9.80 Å². The van der Waals surface area contributed by atoms with Crippen LogP contribution in [0.5, 0.6) is 0 Å². The molecule has 0 saturated carbocycles. The predicted molar refractivity (Wildman–Crippen MR) is 219 cm³/mol. The van der Waals surface area contributed by atoms with Gasteiger partial charge in [0, 0.05) is 63.1 Å². The van der Waals surface area contributed by atoms with Gasteiger partial charge in [-0.25, -0.2) is 0 Å². The lowest BCUT2D eigenvalue weighted by atomic mass is 10.0. The zero-order chi connectivity index (χ0) is 33.0. The molecular weight excluding hydrogens is 645 g/mol. The molecule has 0 amide bonds. The highest BCUT2D eigenvalue weighted by atomic mass is 32.1. The lowest BCUT2D eigenvalue weighted by Gasteiger charge is -2.33. The molecule has 4 heteroatoms. The number of para-hydroxylation sites is 3. The summed E-state index contributed by atoms with van der Waals surface area (Å²) in [6.45, 7) is 0. The fourth-order valence-electron chi connectivity index (χ4n) is 7.32. The second kappa shape index (κ2) is 11.9. The molecule has 2 aromatic heterocycles. The zero-order valence-corrected chi connectivity index (χ0v) is 28.7. The molecule has 50 heavy (non-hydrogen) atoms. The maximum atomic E-state index is 2.45. The quantitative estimate of drug-likeness (QED) is 0.173. The third kappa shape index (κ3) is 4.76. The van der Waals surface area contributed by atoms with Crippen molar-refractivity contribution in [1.82, 2.24) is 0 Å². The first-order valence-corrected chi connectivity index (χ1v) is 18.5. The van der Waals surface area contributed by atoms with Crippen molar-refractivity contribution in [3.8, 4) is 0 Å². The lowest BCUT2D eigenvalue weighted by molar-refractivity contribution is 1.24. The molecule has 236 valence electrons. The summed E-state index contributed by atoms with van der Waals surface area (Å²) < 4.78 is 5.19. The van der Waals surface area contributed by atoms with Gasteiger partial charge in [0.15, 0.2) is 0 Å². The van der Waals surface area contributed by atoms with Crippen molar-refractivity contribution >= 4 is 108 Å². The Balaban J connectivity index is 1.32. The third-order valence-electron chi connectivity index (χ3n) is 9.60. The van der Waals surface area contributed by atoms with E-state index in [-0.39, 0.29) is 0 Å². The Morgan fingerprint density at radius 2 is 0.840 bits per heavy atom. The highest BCUT2D eigenvalue weighted by molar-refractivity contribution is 7.27. The van der Waals surface area contributed by atoms with Crippen LogP contribution >= 0.6 is 22.7 Å². The molecule has 2 heterocycles. The highest BCUT2D eigenvalue weighted by Crippen LogP contribution is 2.51. The molecule has 0 unspecified atom stereocenters. The van der Waals surface area contributed by atoms with Gasteiger partial charge < -0.3 is 9.80 Å². The first-order chi connectivity index (χ1) is 24.8. The summed E-state index contributed by atoms with van der Waals surface area (Å²) in [7, 11) is 0. The van der Waals surface area contributed by atoms with Gasteiger partial charge >= 0.3 is 0 Å². The first-order valence-electron chi connectivity index (χ1n) is 16.8. The number of rotatable bonds is 6. The lowest BCUT2D eigenvalue weighted by Crippen LogP contribution is -2.17. The molecule has 2 nitrogen and oxygen atoms in total. The van der Waals surface area contributed by atoms with E-state index in [4.69, 9.17) is 0 Å². The van der Waals surface area contributed by atoms with Gasteiger partial charge in [0.25, 0.3) is 0 Å². The summed E-state index contributed by atoms with van der Waals surface area (Å²) in [5.41, 5.74) is 6.68. The van der Waals surface area contributed by atoms with Crippen LogP contribution in [0.2, 0.25) is 0 Å². The van der Waals surface area contributed by atoms with Crippen LogP contribution in [0.25, 0.3) is 51.1 Å². The van der Waals surface area contributed by atoms with E-state index in [2.05, 4.69) is 192 Å². The van der Waals surface area contributed by atoms with Gasteiger partial charge in [-0.1, -0.05) is 109 Å². The number of hydrogen-bond acceptors (Lipinski definition) is 4. The van der Waals surface area contributed by atoms with Crippen molar-refractivity contribution in [2.24, 2.45) is 0 Å². The third-order valence-corrected chi connectivity index (χ3v) is 12.0. The molecule has 0 aliphatic carbocycles. The van der Waals surface area contributed by atoms with E-state index in [1.165, 1.54) is 51.1 Å². The van der Waals surface area contributed by atoms with E-state index in [9.17, 15) is 0 Å². The van der Waals surface area contributed by atoms with Gasteiger partial charge in [0.05, 0.1) is 11.4 Å². The monoisotopic (exact) mass is 674 g/mol. The molecule has 0 atom stereocenters. The average molecular weight is 675 g/mol. The molecule has 0 radical (unpaired) electrons. The Bertz CT molecular complexity index is 2780. The number of hydrogen-bond donors (Lipinski definition) is 0. The van der Waals surface area contributed by atoms with E-state index in [1.54, 1.807) is 0 Å². The number of nitrogens with zero attached hydrogens (tertiary/aromatic N) is 2. The first kappa shape index (κ1) is 29.0. The molecule has 0 N–H and O–H groups in total. The molecule has 10 aromatic rings. The van der Waals surface area contributed by atoms with E-state index in [0.717, 1.165) is 34.1 Å². The summed E-state index contributed by atoms with van der Waals surface area (Å²) in [5, 5.41) is 7.69. The molecule has 0 spiro atoms. The van der Waals surface area contributed by atoms with Crippen LogP contribution in [0, 0.1) is 0 Å². The van der Waals surface area contributed by atoms with Crippen molar-refractivity contribution in [2.45, 2.75) is 0 Å². The maximum absolute atomic E-state index is 2.45. The smallest absolute Gasteiger partial charge is 0.0716 e. The van der Waals surface area contributed by atoms with Crippen molar-refractivity contribution < 1.29 is 0 Å². The van der Waals surface area contributed by atoms with Gasteiger partial charge in [-0.2, -0.15) is 0 Å². The summed E-state index contributed by atoms with van der Waals surface area (Å²) in [6, 6.07) is 66.2. The summed E-state index contributed by atoms with van der Waals surface area (Å²) in [6.07, 6.45) is 0. The van der Waals surface area contributed by atoms with Gasteiger partial charge in [0.1, 0.15) is 0 Å². The Labute approximate surface area is 298 Å². The molecule has 0 bridgehead atoms. The Hall–Kier alpha value is -5.94. The van der Waals surface area contributed by atoms with Crippen LogP contribution in [-0.2, 0) is 0 Å². The van der Waals surface area contributed by atoms with Crippen molar-refractivity contribution in [3.05, 3.63) is 182 Å². The van der Waals surface area contributed by atoms with Crippen molar-refractivity contribution in [3.63, 3.8) is 0 Å². The van der Waals surface area contributed by atoms with Gasteiger partial charge in [-0.15, -0.1) is 22.7 Å². The second-order valence-corrected chi connectivity index (χ2v) is 14.7. The highest BCUT2D eigenvalue weighted by Gasteiger charge is 2.25. The summed E-state index contributed by atoms with van der Waals surface area (Å²) in [5.74, 6) is 0. The molecule has 0 aliphatic rings. The van der Waals surface area contributed by atoms with E-state index in [0.29, 0.717) is 0 Å². The molecule has 0 fully saturated rings. The predicted octanol–water partition coefficient (Wildman–Crippen LogP) is 14.5. The van der Waals surface area contributed by atoms with E-state index in [1.807, 2.05) is 22.7 Å². The zero-order valence-electron chi connectivity index (χ0n) is 27.0. The largest absolute Gasteiger partial charge is 0.308 e.